The smallest absolute Gasteiger partial charge is 0.169 e. The van der Waals surface area contributed by atoms with Gasteiger partial charge in [-0.3, -0.25) is 0 Å². The van der Waals surface area contributed by atoms with E-state index in [4.69, 9.17) is 0 Å². The van der Waals surface area contributed by atoms with Crippen LogP contribution in [0, 0.1) is 23.3 Å². The van der Waals surface area contributed by atoms with Crippen LogP contribution in [-0.2, 0) is 6.42 Å². The first-order valence-electron chi connectivity index (χ1n) is 11.0. The van der Waals surface area contributed by atoms with E-state index < -0.39 is 46.0 Å². The molecule has 0 atom stereocenters. The van der Waals surface area contributed by atoms with E-state index in [0.29, 0.717) is 5.56 Å². The van der Waals surface area contributed by atoms with Crippen molar-refractivity contribution < 1.29 is 26.3 Å². The highest BCUT2D eigenvalue weighted by Gasteiger charge is 2.18. The number of rotatable bonds is 6. The molecule has 0 heterocycles. The third-order valence-corrected chi connectivity index (χ3v) is 5.68. The summed E-state index contributed by atoms with van der Waals surface area (Å²) in [6.07, 6.45) is 1.92. The zero-order valence-corrected chi connectivity index (χ0v) is 18.7. The van der Waals surface area contributed by atoms with E-state index >= 15 is 0 Å². The minimum absolute atomic E-state index is 0.0298. The highest BCUT2D eigenvalue weighted by atomic mass is 19.2. The van der Waals surface area contributed by atoms with Gasteiger partial charge in [-0.1, -0.05) is 61.9 Å². The molecule has 4 aromatic carbocycles. The molecule has 4 aromatic rings. The van der Waals surface area contributed by atoms with Crippen molar-refractivity contribution in [2.45, 2.75) is 19.8 Å². The van der Waals surface area contributed by atoms with Crippen LogP contribution in [0.25, 0.3) is 33.9 Å². The molecule has 178 valence electrons. The summed E-state index contributed by atoms with van der Waals surface area (Å²) in [6, 6.07) is 17.0. The number of benzene rings is 4. The first kappa shape index (κ1) is 24.3. The molecule has 0 spiro atoms. The molecule has 0 aromatic heterocycles. The number of hydrogen-bond donors (Lipinski definition) is 0. The summed E-state index contributed by atoms with van der Waals surface area (Å²) in [5.41, 5.74) is 1.23. The molecule has 0 N–H and O–H groups in total. The molecule has 0 aliphatic rings. The fraction of sp³-hybridized carbons (Fsp3) is 0.103. The fourth-order valence-corrected chi connectivity index (χ4v) is 3.82. The summed E-state index contributed by atoms with van der Waals surface area (Å²) in [7, 11) is 0. The molecule has 4 rings (SSSR count). The molecule has 35 heavy (non-hydrogen) atoms. The maximum Gasteiger partial charge on any atom is 0.169 e. The van der Waals surface area contributed by atoms with Crippen molar-refractivity contribution in [2.75, 3.05) is 0 Å². The molecule has 0 unspecified atom stereocenters. The summed E-state index contributed by atoms with van der Waals surface area (Å²) in [4.78, 5) is 0. The van der Waals surface area contributed by atoms with E-state index in [9.17, 15) is 26.3 Å². The minimum atomic E-state index is -1.48. The van der Waals surface area contributed by atoms with E-state index in [-0.39, 0.29) is 11.1 Å². The first-order chi connectivity index (χ1) is 16.8. The van der Waals surface area contributed by atoms with Gasteiger partial charge in [-0.2, -0.15) is 0 Å². The highest BCUT2D eigenvalue weighted by Crippen LogP contribution is 2.34. The van der Waals surface area contributed by atoms with Crippen LogP contribution in [0.2, 0.25) is 0 Å². The van der Waals surface area contributed by atoms with Crippen molar-refractivity contribution in [1.82, 2.24) is 0 Å². The van der Waals surface area contributed by atoms with Crippen LogP contribution in [0.1, 0.15) is 30.0 Å². The zero-order valence-electron chi connectivity index (χ0n) is 18.7. The van der Waals surface area contributed by atoms with Crippen molar-refractivity contribution >= 4 is 11.7 Å². The lowest BCUT2D eigenvalue weighted by Crippen LogP contribution is -1.93. The normalized spacial score (nSPS) is 12.0. The van der Waals surface area contributed by atoms with E-state index in [0.717, 1.165) is 72.5 Å². The van der Waals surface area contributed by atoms with Crippen molar-refractivity contribution in [3.63, 3.8) is 0 Å². The molecule has 0 fully saturated rings. The third kappa shape index (κ3) is 5.16. The quantitative estimate of drug-likeness (QED) is 0.190. The summed E-state index contributed by atoms with van der Waals surface area (Å²) in [6.45, 7) is 2.07. The maximum atomic E-state index is 14.9. The van der Waals surface area contributed by atoms with Crippen LogP contribution in [0.15, 0.2) is 78.9 Å². The lowest BCUT2D eigenvalue weighted by atomic mass is 9.99. The van der Waals surface area contributed by atoms with E-state index in [2.05, 4.69) is 6.92 Å². The molecule has 0 aliphatic carbocycles. The Morgan fingerprint density at radius 3 is 1.86 bits per heavy atom. The Balaban J connectivity index is 1.63. The van der Waals surface area contributed by atoms with E-state index in [1.165, 1.54) is 6.07 Å². The summed E-state index contributed by atoms with van der Waals surface area (Å²) >= 11 is 0. The van der Waals surface area contributed by atoms with Crippen LogP contribution < -0.4 is 0 Å². The summed E-state index contributed by atoms with van der Waals surface area (Å²) in [5, 5.41) is 0. The number of hydrogen-bond acceptors (Lipinski definition) is 0. The van der Waals surface area contributed by atoms with E-state index in [1.54, 1.807) is 0 Å². The molecule has 0 amide bonds. The average molecular weight is 482 g/mol. The SMILES string of the molecule is CCCc1ccc(-c2ccc(/C(F)=C(\F)c3ccc(-c4ccc(F)c(F)c4)c(F)c3)c(F)c2)cc1. The second kappa shape index (κ2) is 10.2. The molecular formula is C29H20F6. The Labute approximate surface area is 199 Å². The van der Waals surface area contributed by atoms with Crippen LogP contribution in [0.4, 0.5) is 26.3 Å². The Bertz CT molecular complexity index is 1400. The molecule has 0 bridgehead atoms. The molecule has 0 saturated carbocycles. The average Bonchev–Trinajstić information content (AvgIpc) is 2.85. The highest BCUT2D eigenvalue weighted by molar-refractivity contribution is 5.84. The molecule has 0 saturated heterocycles. The first-order valence-corrected chi connectivity index (χ1v) is 11.0. The van der Waals surface area contributed by atoms with Gasteiger partial charge in [-0.05, 0) is 59.0 Å². The second-order valence-electron chi connectivity index (χ2n) is 8.09. The largest absolute Gasteiger partial charge is 0.206 e. The van der Waals surface area contributed by atoms with Crippen molar-refractivity contribution in [1.29, 1.82) is 0 Å². The van der Waals surface area contributed by atoms with Gasteiger partial charge < -0.3 is 0 Å². The Hall–Kier alpha value is -3.80. The van der Waals surface area contributed by atoms with Crippen LogP contribution in [0.3, 0.4) is 0 Å². The van der Waals surface area contributed by atoms with Crippen LogP contribution >= 0.6 is 0 Å². The van der Waals surface area contributed by atoms with Gasteiger partial charge in [0.25, 0.3) is 0 Å². The Kier molecular flexibility index (Phi) is 7.10. The molecule has 0 aliphatic heterocycles. The topological polar surface area (TPSA) is 0 Å². The van der Waals surface area contributed by atoms with Gasteiger partial charge in [-0.15, -0.1) is 0 Å². The van der Waals surface area contributed by atoms with Gasteiger partial charge in [0.1, 0.15) is 11.6 Å². The standard InChI is InChI=1S/C29H20F6/c1-2-3-17-4-6-18(7-5-17)19-8-12-23(26(32)14-19)29(35)28(34)21-9-11-22(25(31)16-21)20-10-13-24(30)27(33)15-20/h4-16H,2-3H2,1H3/b29-28+. The summed E-state index contributed by atoms with van der Waals surface area (Å²) in [5.74, 6) is -7.13. The monoisotopic (exact) mass is 482 g/mol. The zero-order chi connectivity index (χ0) is 25.1. The van der Waals surface area contributed by atoms with Gasteiger partial charge >= 0.3 is 0 Å². The van der Waals surface area contributed by atoms with Gasteiger partial charge in [0, 0.05) is 16.7 Å². The lowest BCUT2D eigenvalue weighted by Gasteiger charge is -2.09. The van der Waals surface area contributed by atoms with E-state index in [1.807, 2.05) is 24.3 Å². The number of halogens is 6. The second-order valence-corrected chi connectivity index (χ2v) is 8.09. The van der Waals surface area contributed by atoms with Gasteiger partial charge in [-0.25, -0.2) is 26.3 Å². The van der Waals surface area contributed by atoms with Crippen molar-refractivity contribution in [3.05, 3.63) is 119 Å². The predicted octanol–water partition coefficient (Wildman–Crippen LogP) is 9.29. The van der Waals surface area contributed by atoms with Gasteiger partial charge in [0.15, 0.2) is 23.3 Å². The van der Waals surface area contributed by atoms with Gasteiger partial charge in [0.2, 0.25) is 0 Å². The van der Waals surface area contributed by atoms with Gasteiger partial charge in [0.05, 0.1) is 0 Å². The Morgan fingerprint density at radius 2 is 1.23 bits per heavy atom. The number of aryl methyl sites for hydroxylation is 1. The molecule has 0 radical (unpaired) electrons. The van der Waals surface area contributed by atoms with Crippen LogP contribution in [-0.4, -0.2) is 0 Å². The molecule has 0 nitrogen and oxygen atoms in total. The fourth-order valence-electron chi connectivity index (χ4n) is 3.82. The minimum Gasteiger partial charge on any atom is -0.206 e. The lowest BCUT2D eigenvalue weighted by molar-refractivity contribution is 0.509. The third-order valence-electron chi connectivity index (χ3n) is 5.68. The van der Waals surface area contributed by atoms with Crippen LogP contribution in [0.5, 0.6) is 0 Å². The van der Waals surface area contributed by atoms with Crippen molar-refractivity contribution in [3.8, 4) is 22.3 Å². The predicted molar refractivity (Wildman–Crippen MR) is 127 cm³/mol. The van der Waals surface area contributed by atoms with Crippen molar-refractivity contribution in [2.24, 2.45) is 0 Å². The summed E-state index contributed by atoms with van der Waals surface area (Å²) < 4.78 is 85.6. The molecule has 6 heteroatoms. The molecular weight excluding hydrogens is 462 g/mol. The maximum absolute atomic E-state index is 14.9. The Morgan fingerprint density at radius 1 is 0.571 bits per heavy atom.